The highest BCUT2D eigenvalue weighted by atomic mass is 16.5. The molecule has 1 saturated heterocycles. The quantitative estimate of drug-likeness (QED) is 0.850. The largest absolute Gasteiger partial charge is 0.481 e. The van der Waals surface area contributed by atoms with Crippen molar-refractivity contribution in [1.29, 1.82) is 0 Å². The van der Waals surface area contributed by atoms with Crippen LogP contribution in [0.15, 0.2) is 30.3 Å². The number of methoxy groups -OCH3 is 1. The Bertz CT molecular complexity index is 800. The second kappa shape index (κ2) is 7.06. The van der Waals surface area contributed by atoms with Crippen molar-refractivity contribution < 1.29 is 19.1 Å². The number of aromatic nitrogens is 1. The number of hydrogen-bond acceptors (Lipinski definition) is 5. The lowest BCUT2D eigenvalue weighted by Gasteiger charge is -2.34. The molecule has 0 radical (unpaired) electrons. The standard InChI is InChI=1S/C18H21N3O4/c1-24-16-13-5-3-2-4-12(13)10-14(21-16)15(22)20-11-18(17(19)23)6-8-25-9-7-18/h2-5,10H,6-9,11H2,1H3,(H2,19,23)(H,20,22). The maximum Gasteiger partial charge on any atom is 0.270 e. The molecular formula is C18H21N3O4. The molecule has 1 aromatic carbocycles. The van der Waals surface area contributed by atoms with Gasteiger partial charge in [-0.2, -0.15) is 0 Å². The molecule has 2 heterocycles. The third-order valence-electron chi connectivity index (χ3n) is 4.69. The lowest BCUT2D eigenvalue weighted by molar-refractivity contribution is -0.132. The molecule has 0 unspecified atom stereocenters. The van der Waals surface area contributed by atoms with Gasteiger partial charge in [-0.05, 0) is 30.4 Å². The van der Waals surface area contributed by atoms with E-state index in [1.807, 2.05) is 24.3 Å². The van der Waals surface area contributed by atoms with Crippen molar-refractivity contribution in [2.45, 2.75) is 12.8 Å². The third-order valence-corrected chi connectivity index (χ3v) is 4.69. The van der Waals surface area contributed by atoms with Crippen LogP contribution in [0.2, 0.25) is 0 Å². The smallest absolute Gasteiger partial charge is 0.270 e. The number of benzene rings is 1. The summed E-state index contributed by atoms with van der Waals surface area (Å²) >= 11 is 0. The lowest BCUT2D eigenvalue weighted by atomic mass is 9.79. The van der Waals surface area contributed by atoms with Crippen LogP contribution in [0, 0.1) is 5.41 Å². The Morgan fingerprint density at radius 1 is 1.32 bits per heavy atom. The highest BCUT2D eigenvalue weighted by molar-refractivity contribution is 5.98. The van der Waals surface area contributed by atoms with E-state index in [0.29, 0.717) is 31.9 Å². The van der Waals surface area contributed by atoms with Gasteiger partial charge in [0, 0.05) is 25.1 Å². The molecule has 1 aromatic heterocycles. The molecule has 0 bridgehead atoms. The number of nitrogens with two attached hydrogens (primary N) is 1. The first-order chi connectivity index (χ1) is 12.1. The van der Waals surface area contributed by atoms with Gasteiger partial charge in [-0.25, -0.2) is 4.98 Å². The van der Waals surface area contributed by atoms with Gasteiger partial charge in [0.05, 0.1) is 12.5 Å². The molecule has 7 heteroatoms. The zero-order valence-electron chi connectivity index (χ0n) is 14.1. The van der Waals surface area contributed by atoms with Crippen molar-refractivity contribution in [2.24, 2.45) is 11.1 Å². The number of ether oxygens (including phenoxy) is 2. The van der Waals surface area contributed by atoms with Crippen LogP contribution in [-0.2, 0) is 9.53 Å². The summed E-state index contributed by atoms with van der Waals surface area (Å²) in [6.07, 6.45) is 0.994. The molecule has 25 heavy (non-hydrogen) atoms. The number of rotatable bonds is 5. The summed E-state index contributed by atoms with van der Waals surface area (Å²) in [7, 11) is 1.51. The number of primary amides is 1. The highest BCUT2D eigenvalue weighted by Crippen LogP contribution is 2.29. The first-order valence-corrected chi connectivity index (χ1v) is 8.15. The zero-order chi connectivity index (χ0) is 17.9. The first kappa shape index (κ1) is 17.2. The molecule has 7 nitrogen and oxygen atoms in total. The number of carbonyl (C=O) groups excluding carboxylic acids is 2. The summed E-state index contributed by atoms with van der Waals surface area (Å²) < 4.78 is 10.6. The van der Waals surface area contributed by atoms with Crippen molar-refractivity contribution in [3.63, 3.8) is 0 Å². The molecule has 1 aliphatic rings. The molecule has 1 fully saturated rings. The number of nitrogens with one attached hydrogen (secondary N) is 1. The Morgan fingerprint density at radius 3 is 2.72 bits per heavy atom. The van der Waals surface area contributed by atoms with Crippen molar-refractivity contribution in [1.82, 2.24) is 10.3 Å². The van der Waals surface area contributed by atoms with E-state index in [9.17, 15) is 9.59 Å². The van der Waals surface area contributed by atoms with E-state index in [-0.39, 0.29) is 18.1 Å². The Hall–Kier alpha value is -2.67. The van der Waals surface area contributed by atoms with Gasteiger partial charge in [-0.3, -0.25) is 9.59 Å². The highest BCUT2D eigenvalue weighted by Gasteiger charge is 2.38. The Balaban J connectivity index is 1.81. The van der Waals surface area contributed by atoms with Gasteiger partial charge in [-0.1, -0.05) is 18.2 Å². The van der Waals surface area contributed by atoms with Crippen LogP contribution in [0.5, 0.6) is 5.88 Å². The second-order valence-corrected chi connectivity index (χ2v) is 6.18. The summed E-state index contributed by atoms with van der Waals surface area (Å²) in [6.45, 7) is 1.09. The lowest BCUT2D eigenvalue weighted by Crippen LogP contribution is -2.49. The fourth-order valence-corrected chi connectivity index (χ4v) is 3.05. The normalized spacial score (nSPS) is 16.4. The summed E-state index contributed by atoms with van der Waals surface area (Å²) in [6, 6.07) is 9.24. The van der Waals surface area contributed by atoms with Crippen molar-refractivity contribution in [3.05, 3.63) is 36.0 Å². The van der Waals surface area contributed by atoms with E-state index in [0.717, 1.165) is 10.8 Å². The molecule has 3 N–H and O–H groups in total. The van der Waals surface area contributed by atoms with Gasteiger partial charge >= 0.3 is 0 Å². The van der Waals surface area contributed by atoms with Gasteiger partial charge in [0.1, 0.15) is 5.69 Å². The summed E-state index contributed by atoms with van der Waals surface area (Å²) in [4.78, 5) is 28.7. The van der Waals surface area contributed by atoms with E-state index in [1.54, 1.807) is 6.07 Å². The maximum absolute atomic E-state index is 12.6. The summed E-state index contributed by atoms with van der Waals surface area (Å²) in [5, 5.41) is 4.48. The Morgan fingerprint density at radius 2 is 2.04 bits per heavy atom. The number of pyridine rings is 1. The van der Waals surface area contributed by atoms with Crippen LogP contribution < -0.4 is 15.8 Å². The van der Waals surface area contributed by atoms with Crippen LogP contribution in [0.4, 0.5) is 0 Å². The predicted octanol–water partition coefficient (Wildman–Crippen LogP) is 1.26. The molecule has 1 aliphatic heterocycles. The number of nitrogens with zero attached hydrogens (tertiary/aromatic N) is 1. The Labute approximate surface area is 145 Å². The van der Waals surface area contributed by atoms with Crippen molar-refractivity contribution in [2.75, 3.05) is 26.9 Å². The minimum atomic E-state index is -0.769. The van der Waals surface area contributed by atoms with E-state index in [4.69, 9.17) is 15.2 Å². The maximum atomic E-state index is 12.6. The van der Waals surface area contributed by atoms with Crippen molar-refractivity contribution >= 4 is 22.6 Å². The molecule has 0 saturated carbocycles. The molecule has 3 rings (SSSR count). The zero-order valence-corrected chi connectivity index (χ0v) is 14.1. The number of carbonyl (C=O) groups is 2. The summed E-state index contributed by atoms with van der Waals surface area (Å²) in [5.74, 6) is -0.393. The van der Waals surface area contributed by atoms with E-state index in [2.05, 4.69) is 10.3 Å². The minimum Gasteiger partial charge on any atom is -0.481 e. The van der Waals surface area contributed by atoms with Crippen molar-refractivity contribution in [3.8, 4) is 5.88 Å². The van der Waals surface area contributed by atoms with E-state index < -0.39 is 11.3 Å². The van der Waals surface area contributed by atoms with Gasteiger partial charge < -0.3 is 20.5 Å². The van der Waals surface area contributed by atoms with Gasteiger partial charge in [0.25, 0.3) is 5.91 Å². The SMILES string of the molecule is COc1nc(C(=O)NCC2(C(N)=O)CCOCC2)cc2ccccc12. The van der Waals surface area contributed by atoms with Crippen LogP contribution in [0.3, 0.4) is 0 Å². The number of fused-ring (bicyclic) bond motifs is 1. The summed E-state index contributed by atoms with van der Waals surface area (Å²) in [5.41, 5.74) is 5.03. The fraction of sp³-hybridized carbons (Fsp3) is 0.389. The van der Waals surface area contributed by atoms with Crippen LogP contribution in [0.1, 0.15) is 23.3 Å². The third kappa shape index (κ3) is 3.41. The van der Waals surface area contributed by atoms with Gasteiger partial charge in [-0.15, -0.1) is 0 Å². The molecule has 0 aliphatic carbocycles. The first-order valence-electron chi connectivity index (χ1n) is 8.15. The van der Waals surface area contributed by atoms with Gasteiger partial charge in [0.2, 0.25) is 11.8 Å². The number of hydrogen-bond donors (Lipinski definition) is 2. The van der Waals surface area contributed by atoms with E-state index >= 15 is 0 Å². The van der Waals surface area contributed by atoms with E-state index in [1.165, 1.54) is 7.11 Å². The molecule has 0 spiro atoms. The van der Waals surface area contributed by atoms with Gasteiger partial charge in [0.15, 0.2) is 0 Å². The molecular weight excluding hydrogens is 322 g/mol. The molecule has 2 amide bonds. The molecule has 2 aromatic rings. The minimum absolute atomic E-state index is 0.168. The van der Waals surface area contributed by atoms with Crippen LogP contribution in [0.25, 0.3) is 10.8 Å². The molecule has 132 valence electrons. The predicted molar refractivity (Wildman–Crippen MR) is 92.3 cm³/mol. The number of amides is 2. The average Bonchev–Trinajstić information content (AvgIpc) is 2.65. The monoisotopic (exact) mass is 343 g/mol. The fourth-order valence-electron chi connectivity index (χ4n) is 3.05. The van der Waals surface area contributed by atoms with Crippen LogP contribution >= 0.6 is 0 Å². The second-order valence-electron chi connectivity index (χ2n) is 6.18. The average molecular weight is 343 g/mol. The Kier molecular flexibility index (Phi) is 4.85. The van der Waals surface area contributed by atoms with Crippen LogP contribution in [-0.4, -0.2) is 43.7 Å². The topological polar surface area (TPSA) is 104 Å². The molecule has 0 atom stereocenters.